The van der Waals surface area contributed by atoms with Gasteiger partial charge in [0.2, 0.25) is 0 Å². The number of rotatable bonds is 5. The Kier molecular flexibility index (Phi) is 6.18. The van der Waals surface area contributed by atoms with E-state index in [1.54, 1.807) is 11.0 Å². The van der Waals surface area contributed by atoms with Gasteiger partial charge >= 0.3 is 0 Å². The fraction of sp³-hybridized carbons (Fsp3) is 0.800. The lowest BCUT2D eigenvalue weighted by Gasteiger charge is -2.35. The number of aliphatic imine (C=N–C) groups is 1. The second-order valence-corrected chi connectivity index (χ2v) is 5.86. The van der Waals surface area contributed by atoms with Crippen molar-refractivity contribution in [2.24, 2.45) is 12.0 Å². The molecule has 124 valence electrons. The van der Waals surface area contributed by atoms with Crippen LogP contribution in [0.1, 0.15) is 32.0 Å². The monoisotopic (exact) mass is 307 g/mol. The molecule has 1 atom stereocenters. The van der Waals surface area contributed by atoms with E-state index in [1.165, 1.54) is 25.8 Å². The molecule has 7 nitrogen and oxygen atoms in total. The Bertz CT molecular complexity index is 482. The largest absolute Gasteiger partial charge is 0.355 e. The third kappa shape index (κ3) is 4.19. The maximum atomic E-state index is 4.39. The lowest BCUT2D eigenvalue weighted by atomic mass is 10.0. The highest BCUT2D eigenvalue weighted by Gasteiger charge is 2.21. The maximum absolute atomic E-state index is 4.39. The average Bonchev–Trinajstić information content (AvgIpc) is 2.93. The van der Waals surface area contributed by atoms with Gasteiger partial charge in [0, 0.05) is 33.7 Å². The number of aromatic nitrogens is 3. The van der Waals surface area contributed by atoms with Gasteiger partial charge in [0.15, 0.2) is 5.96 Å². The average molecular weight is 307 g/mol. The normalized spacial score (nSPS) is 20.2. The van der Waals surface area contributed by atoms with Crippen LogP contribution in [0.4, 0.5) is 0 Å². The van der Waals surface area contributed by atoms with Crippen molar-refractivity contribution in [2.45, 2.75) is 38.8 Å². The quantitative estimate of drug-likeness (QED) is 0.641. The molecular formula is C15H29N7. The second kappa shape index (κ2) is 8.12. The van der Waals surface area contributed by atoms with Gasteiger partial charge in [-0.15, -0.1) is 0 Å². The van der Waals surface area contributed by atoms with E-state index in [4.69, 9.17) is 0 Å². The van der Waals surface area contributed by atoms with Crippen molar-refractivity contribution in [2.75, 3.05) is 33.7 Å². The summed E-state index contributed by atoms with van der Waals surface area (Å²) in [4.78, 5) is 13.3. The maximum Gasteiger partial charge on any atom is 0.193 e. The van der Waals surface area contributed by atoms with Crippen molar-refractivity contribution in [3.63, 3.8) is 0 Å². The summed E-state index contributed by atoms with van der Waals surface area (Å²) in [5.41, 5.74) is 0. The molecular weight excluding hydrogens is 278 g/mol. The Labute approximate surface area is 133 Å². The topological polar surface area (TPSA) is 61.6 Å². The fourth-order valence-electron chi connectivity index (χ4n) is 3.05. The molecule has 22 heavy (non-hydrogen) atoms. The summed E-state index contributed by atoms with van der Waals surface area (Å²) in [6.07, 6.45) is 5.51. The molecule has 2 heterocycles. The first kappa shape index (κ1) is 16.7. The summed E-state index contributed by atoms with van der Waals surface area (Å²) in [7, 11) is 5.77. The highest BCUT2D eigenvalue weighted by atomic mass is 15.4. The van der Waals surface area contributed by atoms with Gasteiger partial charge in [0.1, 0.15) is 12.2 Å². The number of aryl methyl sites for hydroxylation is 1. The molecule has 1 saturated heterocycles. The fourth-order valence-corrected chi connectivity index (χ4v) is 3.05. The van der Waals surface area contributed by atoms with Crippen molar-refractivity contribution in [3.8, 4) is 0 Å². The molecule has 1 aromatic heterocycles. The minimum Gasteiger partial charge on any atom is -0.355 e. The number of piperidine rings is 1. The van der Waals surface area contributed by atoms with E-state index in [1.807, 2.05) is 21.1 Å². The number of hydrogen-bond acceptors (Lipinski definition) is 4. The predicted molar refractivity (Wildman–Crippen MR) is 88.7 cm³/mol. The number of likely N-dealkylation sites (N-methyl/N-ethyl adjacent to an activating group) is 1. The van der Waals surface area contributed by atoms with Gasteiger partial charge in [-0.05, 0) is 25.9 Å². The Hall–Kier alpha value is -1.63. The SMILES string of the molecule is CCN1CCCCC1CNC(=NC)N(C)Cc1ncnn1C. The zero-order valence-corrected chi connectivity index (χ0v) is 14.3. The first-order valence-electron chi connectivity index (χ1n) is 8.14. The number of likely N-dealkylation sites (tertiary alicyclic amines) is 1. The zero-order valence-electron chi connectivity index (χ0n) is 14.3. The molecule has 0 amide bonds. The molecule has 0 saturated carbocycles. The molecule has 0 radical (unpaired) electrons. The first-order valence-corrected chi connectivity index (χ1v) is 8.14. The molecule has 1 N–H and O–H groups in total. The van der Waals surface area contributed by atoms with E-state index >= 15 is 0 Å². The van der Waals surface area contributed by atoms with Crippen LogP contribution in [0.2, 0.25) is 0 Å². The van der Waals surface area contributed by atoms with Crippen molar-refractivity contribution in [1.29, 1.82) is 0 Å². The van der Waals surface area contributed by atoms with Crippen LogP contribution in [0.3, 0.4) is 0 Å². The van der Waals surface area contributed by atoms with E-state index in [0.29, 0.717) is 12.6 Å². The molecule has 1 unspecified atom stereocenters. The molecule has 1 aromatic rings. The van der Waals surface area contributed by atoms with E-state index in [0.717, 1.165) is 24.9 Å². The smallest absolute Gasteiger partial charge is 0.193 e. The summed E-state index contributed by atoms with van der Waals surface area (Å²) < 4.78 is 1.80. The van der Waals surface area contributed by atoms with Gasteiger partial charge in [-0.2, -0.15) is 5.10 Å². The minimum absolute atomic E-state index is 0.610. The number of hydrogen-bond donors (Lipinski definition) is 1. The Balaban J connectivity index is 1.87. The Morgan fingerprint density at radius 2 is 2.32 bits per heavy atom. The van der Waals surface area contributed by atoms with E-state index in [2.05, 4.69) is 37.1 Å². The first-order chi connectivity index (χ1) is 10.7. The van der Waals surface area contributed by atoms with Gasteiger partial charge in [-0.1, -0.05) is 13.3 Å². The molecule has 1 aliphatic rings. The molecule has 0 aromatic carbocycles. The van der Waals surface area contributed by atoms with Gasteiger partial charge in [0.25, 0.3) is 0 Å². The van der Waals surface area contributed by atoms with Crippen LogP contribution in [-0.4, -0.2) is 70.3 Å². The second-order valence-electron chi connectivity index (χ2n) is 5.86. The third-order valence-electron chi connectivity index (χ3n) is 4.41. The van der Waals surface area contributed by atoms with Gasteiger partial charge in [-0.3, -0.25) is 14.6 Å². The van der Waals surface area contributed by atoms with Crippen LogP contribution in [-0.2, 0) is 13.6 Å². The van der Waals surface area contributed by atoms with Crippen LogP contribution < -0.4 is 5.32 Å². The summed E-state index contributed by atoms with van der Waals surface area (Å²) in [5.74, 6) is 1.84. The van der Waals surface area contributed by atoms with Crippen molar-refractivity contribution in [3.05, 3.63) is 12.2 Å². The van der Waals surface area contributed by atoms with Crippen molar-refractivity contribution >= 4 is 5.96 Å². The summed E-state index contributed by atoms with van der Waals surface area (Å²) in [6.45, 7) is 6.23. The lowest BCUT2D eigenvalue weighted by Crippen LogP contribution is -2.49. The van der Waals surface area contributed by atoms with E-state index < -0.39 is 0 Å². The molecule has 0 bridgehead atoms. The number of nitrogens with one attached hydrogen (secondary N) is 1. The molecule has 1 fully saturated rings. The van der Waals surface area contributed by atoms with E-state index in [9.17, 15) is 0 Å². The van der Waals surface area contributed by atoms with Gasteiger partial charge < -0.3 is 10.2 Å². The Morgan fingerprint density at radius 3 is 2.95 bits per heavy atom. The molecule has 7 heteroatoms. The lowest BCUT2D eigenvalue weighted by molar-refractivity contribution is 0.156. The predicted octanol–water partition coefficient (Wildman–Crippen LogP) is 0.697. The minimum atomic E-state index is 0.610. The van der Waals surface area contributed by atoms with Crippen molar-refractivity contribution < 1.29 is 0 Å². The van der Waals surface area contributed by atoms with Crippen LogP contribution >= 0.6 is 0 Å². The third-order valence-corrected chi connectivity index (χ3v) is 4.41. The number of guanidine groups is 1. The number of nitrogens with zero attached hydrogens (tertiary/aromatic N) is 6. The molecule has 0 spiro atoms. The highest BCUT2D eigenvalue weighted by molar-refractivity contribution is 5.79. The summed E-state index contributed by atoms with van der Waals surface area (Å²) >= 11 is 0. The standard InChI is InChI=1S/C15H29N7/c1-5-22-9-7-6-8-13(22)10-17-15(16-2)20(3)11-14-18-12-19-21(14)4/h12-13H,5-11H2,1-4H3,(H,16,17). The Morgan fingerprint density at radius 1 is 1.50 bits per heavy atom. The van der Waals surface area contributed by atoms with Crippen molar-refractivity contribution in [1.82, 2.24) is 29.9 Å². The van der Waals surface area contributed by atoms with Crippen LogP contribution in [0.5, 0.6) is 0 Å². The highest BCUT2D eigenvalue weighted by Crippen LogP contribution is 2.15. The molecule has 1 aliphatic heterocycles. The summed E-state index contributed by atoms with van der Waals surface area (Å²) in [5, 5.41) is 7.62. The van der Waals surface area contributed by atoms with Crippen LogP contribution in [0.25, 0.3) is 0 Å². The molecule has 0 aliphatic carbocycles. The summed E-state index contributed by atoms with van der Waals surface area (Å²) in [6, 6.07) is 0.610. The van der Waals surface area contributed by atoms with E-state index in [-0.39, 0.29) is 0 Å². The van der Waals surface area contributed by atoms with Crippen LogP contribution in [0.15, 0.2) is 11.3 Å². The zero-order chi connectivity index (χ0) is 15.9. The molecule has 2 rings (SSSR count). The van der Waals surface area contributed by atoms with Gasteiger partial charge in [0.05, 0.1) is 6.54 Å². The van der Waals surface area contributed by atoms with Crippen LogP contribution in [0, 0.1) is 0 Å². The van der Waals surface area contributed by atoms with Gasteiger partial charge in [-0.25, -0.2) is 4.98 Å².